The van der Waals surface area contributed by atoms with E-state index in [-0.39, 0.29) is 18.8 Å². The molecule has 0 unspecified atom stereocenters. The molecule has 7 nitrogen and oxygen atoms in total. The minimum Gasteiger partial charge on any atom is -0.339 e. The van der Waals surface area contributed by atoms with Gasteiger partial charge in [-0.1, -0.05) is 48.5 Å². The van der Waals surface area contributed by atoms with E-state index >= 15 is 0 Å². The molecule has 1 aliphatic heterocycles. The van der Waals surface area contributed by atoms with Crippen LogP contribution in [0.15, 0.2) is 73.2 Å². The molecule has 5 rings (SSSR count). The first-order valence-corrected chi connectivity index (χ1v) is 11.7. The lowest BCUT2D eigenvalue weighted by Gasteiger charge is -2.15. The van der Waals surface area contributed by atoms with Crippen molar-refractivity contribution in [2.24, 2.45) is 0 Å². The highest BCUT2D eigenvalue weighted by Crippen LogP contribution is 2.30. The fourth-order valence-corrected chi connectivity index (χ4v) is 5.15. The van der Waals surface area contributed by atoms with E-state index in [9.17, 15) is 8.42 Å². The Bertz CT molecular complexity index is 1340. The maximum atomic E-state index is 12.9. The molecule has 2 aromatic heterocycles. The quantitative estimate of drug-likeness (QED) is 0.501. The van der Waals surface area contributed by atoms with Crippen molar-refractivity contribution in [1.82, 2.24) is 19.3 Å². The lowest BCUT2D eigenvalue weighted by Crippen LogP contribution is -2.29. The van der Waals surface area contributed by atoms with Crippen molar-refractivity contribution >= 4 is 32.4 Å². The first kappa shape index (κ1) is 19.6. The molecule has 0 fully saturated rings. The number of pyridine rings is 1. The third-order valence-corrected chi connectivity index (χ3v) is 7.20. The summed E-state index contributed by atoms with van der Waals surface area (Å²) in [5.74, 6) is 0.679. The van der Waals surface area contributed by atoms with Gasteiger partial charge in [0.15, 0.2) is 0 Å². The minimum absolute atomic E-state index is 0.0653. The maximum Gasteiger partial charge on any atom is 0.215 e. The van der Waals surface area contributed by atoms with Crippen LogP contribution in [0.5, 0.6) is 0 Å². The van der Waals surface area contributed by atoms with Crippen LogP contribution in [0, 0.1) is 0 Å². The number of nitrogens with zero attached hydrogens (tertiary/aromatic N) is 4. The van der Waals surface area contributed by atoms with E-state index in [2.05, 4.69) is 20.3 Å². The predicted octanol–water partition coefficient (Wildman–Crippen LogP) is 3.66. The van der Waals surface area contributed by atoms with E-state index in [0.717, 1.165) is 33.4 Å². The highest BCUT2D eigenvalue weighted by molar-refractivity contribution is 7.89. The summed E-state index contributed by atoms with van der Waals surface area (Å²) < 4.78 is 27.4. The molecule has 0 bridgehead atoms. The zero-order chi connectivity index (χ0) is 21.3. The van der Waals surface area contributed by atoms with Gasteiger partial charge >= 0.3 is 0 Å². The molecular weight excluding hydrogens is 410 g/mol. The van der Waals surface area contributed by atoms with E-state index < -0.39 is 10.0 Å². The van der Waals surface area contributed by atoms with E-state index in [0.29, 0.717) is 12.2 Å². The number of para-hydroxylation sites is 1. The van der Waals surface area contributed by atoms with Gasteiger partial charge in [-0.3, -0.25) is 4.98 Å². The lowest BCUT2D eigenvalue weighted by atomic mass is 10.2. The van der Waals surface area contributed by atoms with Gasteiger partial charge in [0.1, 0.15) is 12.1 Å². The number of aromatic nitrogens is 3. The second-order valence-corrected chi connectivity index (χ2v) is 9.60. The predicted molar refractivity (Wildman–Crippen MR) is 120 cm³/mol. The largest absolute Gasteiger partial charge is 0.339 e. The standard InChI is InChI=1S/C23H21N5O2S/c29-31(30,11-10-17-6-2-1-3-7-17)28-14-20-22(15-28)25-16-26-23(20)27-19-12-18-8-4-5-9-21(18)24-13-19/h1-9,12-13,16H,10-11,14-15H2,(H,25,26,27). The lowest BCUT2D eigenvalue weighted by molar-refractivity contribution is 0.430. The Hall–Kier alpha value is -3.36. The number of fused-ring (bicyclic) bond motifs is 2. The van der Waals surface area contributed by atoms with Crippen LogP contribution in [0.3, 0.4) is 0 Å². The molecule has 1 N–H and O–H groups in total. The van der Waals surface area contributed by atoms with Crippen molar-refractivity contribution in [2.45, 2.75) is 19.5 Å². The molecule has 0 saturated carbocycles. The van der Waals surface area contributed by atoms with Gasteiger partial charge in [0.2, 0.25) is 10.0 Å². The van der Waals surface area contributed by atoms with E-state index in [1.54, 1.807) is 6.20 Å². The van der Waals surface area contributed by atoms with Gasteiger partial charge in [-0.05, 0) is 24.1 Å². The number of rotatable bonds is 6. The van der Waals surface area contributed by atoms with Crippen LogP contribution < -0.4 is 5.32 Å². The average Bonchev–Trinajstić information content (AvgIpc) is 3.25. The molecule has 0 amide bonds. The maximum absolute atomic E-state index is 12.9. The van der Waals surface area contributed by atoms with E-state index in [1.807, 2.05) is 60.7 Å². The Labute approximate surface area is 180 Å². The third kappa shape index (κ3) is 4.12. The summed E-state index contributed by atoms with van der Waals surface area (Å²) in [7, 11) is -3.42. The van der Waals surface area contributed by atoms with Crippen LogP contribution in [-0.2, 0) is 29.5 Å². The van der Waals surface area contributed by atoms with Crippen molar-refractivity contribution in [1.29, 1.82) is 0 Å². The molecule has 0 saturated heterocycles. The smallest absolute Gasteiger partial charge is 0.215 e. The minimum atomic E-state index is -3.42. The molecule has 31 heavy (non-hydrogen) atoms. The van der Waals surface area contributed by atoms with Crippen LogP contribution in [0.25, 0.3) is 10.9 Å². The molecule has 0 atom stereocenters. The number of sulfonamides is 1. The van der Waals surface area contributed by atoms with Crippen LogP contribution in [0.4, 0.5) is 11.5 Å². The SMILES string of the molecule is O=S(=O)(CCc1ccccc1)N1Cc2ncnc(Nc3cnc4ccccc4c3)c2C1. The molecule has 0 aliphatic carbocycles. The molecule has 8 heteroatoms. The number of anilines is 2. The van der Waals surface area contributed by atoms with Gasteiger partial charge in [0.05, 0.1) is 35.4 Å². The number of aryl methyl sites for hydroxylation is 1. The Morgan fingerprint density at radius 2 is 1.74 bits per heavy atom. The molecule has 156 valence electrons. The van der Waals surface area contributed by atoms with Gasteiger partial charge in [-0.2, -0.15) is 4.31 Å². The summed E-state index contributed by atoms with van der Waals surface area (Å²) >= 11 is 0. The van der Waals surface area contributed by atoms with Crippen molar-refractivity contribution < 1.29 is 8.42 Å². The number of benzene rings is 2. The fourth-order valence-electron chi connectivity index (χ4n) is 3.75. The zero-order valence-corrected chi connectivity index (χ0v) is 17.6. The third-order valence-electron chi connectivity index (χ3n) is 5.43. The summed E-state index contributed by atoms with van der Waals surface area (Å²) in [5, 5.41) is 4.31. The highest BCUT2D eigenvalue weighted by atomic mass is 32.2. The van der Waals surface area contributed by atoms with Crippen LogP contribution in [0.2, 0.25) is 0 Å². The van der Waals surface area contributed by atoms with E-state index in [1.165, 1.54) is 10.6 Å². The fraction of sp³-hybridized carbons (Fsp3) is 0.174. The zero-order valence-electron chi connectivity index (χ0n) is 16.8. The van der Waals surface area contributed by atoms with Crippen molar-refractivity contribution in [3.05, 3.63) is 90.0 Å². The Balaban J connectivity index is 1.34. The van der Waals surface area contributed by atoms with Crippen molar-refractivity contribution in [3.8, 4) is 0 Å². The van der Waals surface area contributed by atoms with E-state index in [4.69, 9.17) is 0 Å². The normalized spacial score (nSPS) is 13.9. The summed E-state index contributed by atoms with van der Waals surface area (Å²) in [4.78, 5) is 13.2. The molecule has 1 aliphatic rings. The second-order valence-electron chi connectivity index (χ2n) is 7.51. The summed E-state index contributed by atoms with van der Waals surface area (Å²) in [6, 6.07) is 19.5. The Morgan fingerprint density at radius 1 is 0.935 bits per heavy atom. The summed E-state index contributed by atoms with van der Waals surface area (Å²) in [6.07, 6.45) is 3.70. The van der Waals surface area contributed by atoms with Crippen LogP contribution >= 0.6 is 0 Å². The van der Waals surface area contributed by atoms with Gasteiger partial charge in [0, 0.05) is 17.5 Å². The molecule has 2 aromatic carbocycles. The Kier molecular flexibility index (Phi) is 5.09. The van der Waals surface area contributed by atoms with Crippen molar-refractivity contribution in [3.63, 3.8) is 0 Å². The second kappa shape index (κ2) is 8.05. The molecule has 0 spiro atoms. The molecule has 0 radical (unpaired) electrons. The van der Waals surface area contributed by atoms with Crippen LogP contribution in [0.1, 0.15) is 16.8 Å². The van der Waals surface area contributed by atoms with Gasteiger partial charge in [-0.15, -0.1) is 0 Å². The summed E-state index contributed by atoms with van der Waals surface area (Å²) in [6.45, 7) is 0.524. The van der Waals surface area contributed by atoms with Crippen LogP contribution in [-0.4, -0.2) is 33.4 Å². The first-order chi connectivity index (χ1) is 15.1. The average molecular weight is 432 g/mol. The molecule has 3 heterocycles. The van der Waals surface area contributed by atoms with Gasteiger partial charge in [0.25, 0.3) is 0 Å². The monoisotopic (exact) mass is 431 g/mol. The first-order valence-electron chi connectivity index (χ1n) is 10.0. The summed E-state index contributed by atoms with van der Waals surface area (Å²) in [5.41, 5.74) is 4.25. The molecular formula is C23H21N5O2S. The number of hydrogen-bond donors (Lipinski definition) is 1. The van der Waals surface area contributed by atoms with Crippen molar-refractivity contribution in [2.75, 3.05) is 11.1 Å². The van der Waals surface area contributed by atoms with Gasteiger partial charge in [-0.25, -0.2) is 18.4 Å². The number of hydrogen-bond acceptors (Lipinski definition) is 6. The van der Waals surface area contributed by atoms with Gasteiger partial charge < -0.3 is 5.32 Å². The number of nitrogens with one attached hydrogen (secondary N) is 1. The topological polar surface area (TPSA) is 88.1 Å². The highest BCUT2D eigenvalue weighted by Gasteiger charge is 2.32. The Morgan fingerprint density at radius 3 is 2.61 bits per heavy atom. The molecule has 4 aromatic rings.